The zero-order valence-corrected chi connectivity index (χ0v) is 17.0. The third kappa shape index (κ3) is 3.94. The van der Waals surface area contributed by atoms with E-state index in [0.29, 0.717) is 16.2 Å². The SMILES string of the molecule is Cc1nc(-c2ccccc2)sc1CN(O)C(=O)c1ccc2cc(C(N)=O)ccc2c1. The van der Waals surface area contributed by atoms with E-state index in [1.54, 1.807) is 36.4 Å². The van der Waals surface area contributed by atoms with Gasteiger partial charge in [-0.05, 0) is 42.0 Å². The fourth-order valence-corrected chi connectivity index (χ4v) is 4.22. The molecule has 0 saturated heterocycles. The lowest BCUT2D eigenvalue weighted by Gasteiger charge is -2.15. The summed E-state index contributed by atoms with van der Waals surface area (Å²) in [4.78, 5) is 29.4. The molecule has 0 unspecified atom stereocenters. The minimum Gasteiger partial charge on any atom is -0.366 e. The lowest BCUT2D eigenvalue weighted by atomic mass is 10.0. The van der Waals surface area contributed by atoms with Crippen molar-refractivity contribution in [1.29, 1.82) is 0 Å². The Morgan fingerprint density at radius 3 is 2.30 bits per heavy atom. The summed E-state index contributed by atoms with van der Waals surface area (Å²) in [6.07, 6.45) is 0. The summed E-state index contributed by atoms with van der Waals surface area (Å²) in [5, 5.41) is 13.5. The van der Waals surface area contributed by atoms with E-state index in [9.17, 15) is 14.8 Å². The molecule has 7 heteroatoms. The van der Waals surface area contributed by atoms with Gasteiger partial charge in [0, 0.05) is 16.7 Å². The first-order valence-corrected chi connectivity index (χ1v) is 10.1. The van der Waals surface area contributed by atoms with Gasteiger partial charge in [-0.15, -0.1) is 11.3 Å². The maximum absolute atomic E-state index is 12.7. The van der Waals surface area contributed by atoms with Crippen molar-refractivity contribution in [2.24, 2.45) is 5.73 Å². The van der Waals surface area contributed by atoms with E-state index < -0.39 is 11.8 Å². The van der Waals surface area contributed by atoms with E-state index in [1.165, 1.54) is 11.3 Å². The Balaban J connectivity index is 1.54. The van der Waals surface area contributed by atoms with E-state index in [1.807, 2.05) is 37.3 Å². The smallest absolute Gasteiger partial charge is 0.277 e. The number of aromatic nitrogens is 1. The van der Waals surface area contributed by atoms with E-state index in [0.717, 1.165) is 31.9 Å². The number of hydroxylamine groups is 2. The number of thiazole rings is 1. The average Bonchev–Trinajstić information content (AvgIpc) is 3.13. The number of aryl methyl sites for hydroxylation is 1. The number of nitrogens with zero attached hydrogens (tertiary/aromatic N) is 2. The van der Waals surface area contributed by atoms with Crippen molar-refractivity contribution >= 4 is 33.9 Å². The van der Waals surface area contributed by atoms with Gasteiger partial charge in [0.05, 0.1) is 17.1 Å². The molecule has 0 spiro atoms. The quantitative estimate of drug-likeness (QED) is 0.371. The molecule has 3 aromatic carbocycles. The van der Waals surface area contributed by atoms with Gasteiger partial charge < -0.3 is 5.73 Å². The molecular formula is C23H19N3O3S. The van der Waals surface area contributed by atoms with Crippen LogP contribution >= 0.6 is 11.3 Å². The molecule has 150 valence electrons. The van der Waals surface area contributed by atoms with Crippen LogP contribution in [-0.2, 0) is 6.54 Å². The van der Waals surface area contributed by atoms with Gasteiger partial charge in [-0.3, -0.25) is 14.8 Å². The molecule has 0 bridgehead atoms. The highest BCUT2D eigenvalue weighted by atomic mass is 32.1. The molecule has 4 aromatic rings. The van der Waals surface area contributed by atoms with Crippen molar-refractivity contribution in [2.45, 2.75) is 13.5 Å². The molecule has 0 aliphatic carbocycles. The van der Waals surface area contributed by atoms with Crippen LogP contribution in [0.5, 0.6) is 0 Å². The first-order valence-electron chi connectivity index (χ1n) is 9.28. The first-order chi connectivity index (χ1) is 14.4. The number of amides is 2. The standard InChI is InChI=1S/C23H19N3O3S/c1-14-20(30-22(25-14)15-5-3-2-4-6-15)13-26(29)23(28)19-10-8-16-11-18(21(24)27)9-7-17(16)12-19/h2-12,29H,13H2,1H3,(H2,24,27). The number of hydrogen-bond acceptors (Lipinski definition) is 5. The summed E-state index contributed by atoms with van der Waals surface area (Å²) in [5.41, 5.74) is 7.84. The molecule has 0 atom stereocenters. The number of benzene rings is 3. The molecule has 0 aliphatic rings. The number of hydrogen-bond donors (Lipinski definition) is 2. The third-order valence-corrected chi connectivity index (χ3v) is 6.00. The maximum atomic E-state index is 12.7. The predicted octanol–water partition coefficient (Wildman–Crippen LogP) is 4.40. The molecular weight excluding hydrogens is 398 g/mol. The van der Waals surface area contributed by atoms with Crippen molar-refractivity contribution in [3.8, 4) is 10.6 Å². The van der Waals surface area contributed by atoms with Crippen LogP contribution in [0.1, 0.15) is 31.3 Å². The Hall–Kier alpha value is -3.55. The van der Waals surface area contributed by atoms with Crippen LogP contribution in [-0.4, -0.2) is 27.1 Å². The number of rotatable bonds is 5. The van der Waals surface area contributed by atoms with Crippen molar-refractivity contribution in [1.82, 2.24) is 10.0 Å². The van der Waals surface area contributed by atoms with Gasteiger partial charge in [0.25, 0.3) is 5.91 Å². The second-order valence-electron chi connectivity index (χ2n) is 6.90. The number of primary amides is 1. The molecule has 2 amide bonds. The second-order valence-corrected chi connectivity index (χ2v) is 7.98. The Labute approximate surface area is 177 Å². The normalized spacial score (nSPS) is 10.9. The van der Waals surface area contributed by atoms with Gasteiger partial charge in [0.1, 0.15) is 5.01 Å². The Morgan fingerprint density at radius 2 is 1.63 bits per heavy atom. The molecule has 1 heterocycles. The van der Waals surface area contributed by atoms with Crippen LogP contribution in [0.2, 0.25) is 0 Å². The van der Waals surface area contributed by atoms with E-state index in [2.05, 4.69) is 4.98 Å². The second kappa shape index (κ2) is 8.06. The van der Waals surface area contributed by atoms with Gasteiger partial charge in [0.15, 0.2) is 0 Å². The molecule has 1 aromatic heterocycles. The zero-order chi connectivity index (χ0) is 21.3. The van der Waals surface area contributed by atoms with Gasteiger partial charge in [-0.25, -0.2) is 10.0 Å². The summed E-state index contributed by atoms with van der Waals surface area (Å²) >= 11 is 1.45. The number of nitrogens with two attached hydrogens (primary N) is 1. The summed E-state index contributed by atoms with van der Waals surface area (Å²) in [6, 6.07) is 19.8. The van der Waals surface area contributed by atoms with Crippen LogP contribution in [0.25, 0.3) is 21.3 Å². The monoisotopic (exact) mass is 417 g/mol. The van der Waals surface area contributed by atoms with Gasteiger partial charge in [0.2, 0.25) is 5.91 Å². The van der Waals surface area contributed by atoms with Crippen molar-refractivity contribution in [2.75, 3.05) is 0 Å². The largest absolute Gasteiger partial charge is 0.366 e. The summed E-state index contributed by atoms with van der Waals surface area (Å²) in [5.74, 6) is -1.02. The maximum Gasteiger partial charge on any atom is 0.277 e. The van der Waals surface area contributed by atoms with Crippen LogP contribution in [0.15, 0.2) is 66.7 Å². The topological polar surface area (TPSA) is 96.5 Å². The van der Waals surface area contributed by atoms with Gasteiger partial charge >= 0.3 is 0 Å². The summed E-state index contributed by atoms with van der Waals surface area (Å²) in [6.45, 7) is 1.91. The van der Waals surface area contributed by atoms with Crippen LogP contribution in [0.3, 0.4) is 0 Å². The lowest BCUT2D eigenvalue weighted by Crippen LogP contribution is -2.26. The molecule has 0 radical (unpaired) electrons. The van der Waals surface area contributed by atoms with Crippen molar-refractivity contribution in [3.05, 3.63) is 88.4 Å². The highest BCUT2D eigenvalue weighted by molar-refractivity contribution is 7.15. The Bertz CT molecular complexity index is 1250. The van der Waals surface area contributed by atoms with Crippen LogP contribution in [0, 0.1) is 6.92 Å². The zero-order valence-electron chi connectivity index (χ0n) is 16.2. The molecule has 0 saturated carbocycles. The number of carbonyl (C=O) groups is 2. The predicted molar refractivity (Wildman–Crippen MR) is 116 cm³/mol. The van der Waals surface area contributed by atoms with Crippen LogP contribution < -0.4 is 5.73 Å². The molecule has 30 heavy (non-hydrogen) atoms. The molecule has 6 nitrogen and oxygen atoms in total. The van der Waals surface area contributed by atoms with Gasteiger partial charge in [-0.2, -0.15) is 0 Å². The molecule has 4 rings (SSSR count). The van der Waals surface area contributed by atoms with E-state index >= 15 is 0 Å². The van der Waals surface area contributed by atoms with Crippen LogP contribution in [0.4, 0.5) is 0 Å². The molecule has 0 fully saturated rings. The van der Waals surface area contributed by atoms with Crippen molar-refractivity contribution in [3.63, 3.8) is 0 Å². The summed E-state index contributed by atoms with van der Waals surface area (Å²) < 4.78 is 0. The molecule has 3 N–H and O–H groups in total. The fourth-order valence-electron chi connectivity index (χ4n) is 3.17. The summed E-state index contributed by atoms with van der Waals surface area (Å²) in [7, 11) is 0. The Kier molecular flexibility index (Phi) is 5.31. The molecule has 0 aliphatic heterocycles. The van der Waals surface area contributed by atoms with E-state index in [-0.39, 0.29) is 6.54 Å². The van der Waals surface area contributed by atoms with Gasteiger partial charge in [-0.1, -0.05) is 42.5 Å². The van der Waals surface area contributed by atoms with Crippen molar-refractivity contribution < 1.29 is 14.8 Å². The fraction of sp³-hybridized carbons (Fsp3) is 0.0870. The average molecular weight is 417 g/mol. The third-order valence-electron chi connectivity index (χ3n) is 4.81. The Morgan fingerprint density at radius 1 is 1.00 bits per heavy atom. The minimum atomic E-state index is -0.509. The van der Waals surface area contributed by atoms with E-state index in [4.69, 9.17) is 5.73 Å². The minimum absolute atomic E-state index is 0.0494. The highest BCUT2D eigenvalue weighted by Crippen LogP contribution is 2.29. The lowest BCUT2D eigenvalue weighted by molar-refractivity contribution is -0.0642. The number of fused-ring (bicyclic) bond motifs is 1. The number of carbonyl (C=O) groups excluding carboxylic acids is 2. The highest BCUT2D eigenvalue weighted by Gasteiger charge is 2.18. The first kappa shape index (κ1) is 19.8.